The van der Waals surface area contributed by atoms with Crippen LogP contribution < -0.4 is 10.0 Å². The number of amidine groups is 1. The normalized spacial score (nSPS) is 17.6. The van der Waals surface area contributed by atoms with Crippen molar-refractivity contribution in [3.8, 4) is 0 Å². The predicted octanol–water partition coefficient (Wildman–Crippen LogP) is 2.20. The number of anilines is 1. The van der Waals surface area contributed by atoms with Crippen molar-refractivity contribution in [3.05, 3.63) is 59.4 Å². The van der Waals surface area contributed by atoms with Gasteiger partial charge in [-0.1, -0.05) is 18.2 Å². The monoisotopic (exact) mass is 361 g/mol. The summed E-state index contributed by atoms with van der Waals surface area (Å²) >= 11 is 0. The second-order valence-electron chi connectivity index (χ2n) is 5.71. The number of amides is 1. The Kier molecular flexibility index (Phi) is 4.30. The second-order valence-corrected chi connectivity index (χ2v) is 7.36. The van der Waals surface area contributed by atoms with Crippen LogP contribution in [0.5, 0.6) is 0 Å². The van der Waals surface area contributed by atoms with Crippen molar-refractivity contribution in [2.24, 2.45) is 4.99 Å². The molecular formula is C17H16FN3O3S. The molecule has 2 aromatic carbocycles. The van der Waals surface area contributed by atoms with Gasteiger partial charge in [0.2, 0.25) is 5.91 Å². The molecule has 1 aliphatic heterocycles. The largest absolute Gasteiger partial charge is 0.324 e. The van der Waals surface area contributed by atoms with Gasteiger partial charge in [-0.2, -0.15) is 0 Å². The molecule has 25 heavy (non-hydrogen) atoms. The number of carbonyl (C=O) groups is 1. The Bertz CT molecular complexity index is 986. The van der Waals surface area contributed by atoms with Crippen molar-refractivity contribution in [2.45, 2.75) is 24.8 Å². The van der Waals surface area contributed by atoms with Gasteiger partial charge >= 0.3 is 0 Å². The summed E-state index contributed by atoms with van der Waals surface area (Å²) in [6.45, 7) is 3.15. The van der Waals surface area contributed by atoms with Gasteiger partial charge in [0.05, 0.1) is 4.90 Å². The first kappa shape index (κ1) is 17.1. The summed E-state index contributed by atoms with van der Waals surface area (Å²) in [7, 11) is -3.66. The predicted molar refractivity (Wildman–Crippen MR) is 92.5 cm³/mol. The summed E-state index contributed by atoms with van der Waals surface area (Å²) in [6.07, 6.45) is 0. The van der Waals surface area contributed by atoms with E-state index in [2.05, 4.69) is 15.0 Å². The molecule has 0 aromatic heterocycles. The number of fused-ring (bicyclic) bond motifs is 1. The van der Waals surface area contributed by atoms with Crippen molar-refractivity contribution in [1.29, 1.82) is 0 Å². The summed E-state index contributed by atoms with van der Waals surface area (Å²) in [4.78, 5) is 16.5. The van der Waals surface area contributed by atoms with E-state index in [9.17, 15) is 17.6 Å². The fourth-order valence-corrected chi connectivity index (χ4v) is 3.64. The quantitative estimate of drug-likeness (QED) is 0.878. The lowest BCUT2D eigenvalue weighted by atomic mass is 10.2. The third-order valence-corrected chi connectivity index (χ3v) is 5.20. The number of hydrogen-bond acceptors (Lipinski definition) is 4. The van der Waals surface area contributed by atoms with Crippen LogP contribution in [0.15, 0.2) is 52.4 Å². The fourth-order valence-electron chi connectivity index (χ4n) is 2.40. The van der Waals surface area contributed by atoms with Crippen molar-refractivity contribution in [3.63, 3.8) is 0 Å². The SMILES string of the molecule is Cc1ccc(NC(=O)[C@@H](C)N=C2NS(=O)(=O)c3ccccc32)cc1F. The van der Waals surface area contributed by atoms with Crippen LogP contribution in [0.1, 0.15) is 18.1 Å². The molecule has 130 valence electrons. The molecule has 6 nitrogen and oxygen atoms in total. The van der Waals surface area contributed by atoms with E-state index in [1.165, 1.54) is 19.1 Å². The van der Waals surface area contributed by atoms with E-state index in [1.54, 1.807) is 37.3 Å². The van der Waals surface area contributed by atoms with E-state index in [0.29, 0.717) is 16.8 Å². The maximum absolute atomic E-state index is 13.6. The van der Waals surface area contributed by atoms with Crippen LogP contribution in [0.25, 0.3) is 0 Å². The van der Waals surface area contributed by atoms with Crippen LogP contribution in [-0.4, -0.2) is 26.2 Å². The molecule has 3 rings (SSSR count). The van der Waals surface area contributed by atoms with Gasteiger partial charge in [-0.25, -0.2) is 12.8 Å². The Labute approximate surface area is 144 Å². The Morgan fingerprint density at radius 3 is 2.68 bits per heavy atom. The maximum atomic E-state index is 13.6. The number of sulfonamides is 1. The zero-order valence-electron chi connectivity index (χ0n) is 13.6. The summed E-state index contributed by atoms with van der Waals surface area (Å²) in [5.74, 6) is -0.776. The molecule has 1 amide bonds. The number of rotatable bonds is 3. The third kappa shape index (κ3) is 3.39. The van der Waals surface area contributed by atoms with Crippen molar-refractivity contribution in [1.82, 2.24) is 4.72 Å². The molecule has 1 heterocycles. The summed E-state index contributed by atoms with van der Waals surface area (Å²) < 4.78 is 40.0. The lowest BCUT2D eigenvalue weighted by Crippen LogP contribution is -2.28. The highest BCUT2D eigenvalue weighted by molar-refractivity contribution is 7.90. The van der Waals surface area contributed by atoms with Crippen LogP contribution >= 0.6 is 0 Å². The molecule has 0 saturated heterocycles. The summed E-state index contributed by atoms with van der Waals surface area (Å²) in [5.41, 5.74) is 1.21. The smallest absolute Gasteiger partial charge is 0.263 e. The van der Waals surface area contributed by atoms with Gasteiger partial charge in [-0.15, -0.1) is 0 Å². The third-order valence-electron chi connectivity index (χ3n) is 3.80. The highest BCUT2D eigenvalue weighted by atomic mass is 32.2. The number of nitrogens with zero attached hydrogens (tertiary/aromatic N) is 1. The van der Waals surface area contributed by atoms with Crippen LogP contribution in [0.3, 0.4) is 0 Å². The molecule has 0 fully saturated rings. The zero-order chi connectivity index (χ0) is 18.2. The molecule has 0 radical (unpaired) electrons. The van der Waals surface area contributed by atoms with Gasteiger partial charge in [0.15, 0.2) is 0 Å². The molecule has 0 spiro atoms. The zero-order valence-corrected chi connectivity index (χ0v) is 14.4. The Hall–Kier alpha value is -2.74. The Morgan fingerprint density at radius 2 is 1.96 bits per heavy atom. The Morgan fingerprint density at radius 1 is 1.24 bits per heavy atom. The molecule has 2 N–H and O–H groups in total. The first-order chi connectivity index (χ1) is 11.8. The Balaban J connectivity index is 1.82. The van der Waals surface area contributed by atoms with Crippen LogP contribution in [0.2, 0.25) is 0 Å². The highest BCUT2D eigenvalue weighted by Crippen LogP contribution is 2.22. The lowest BCUT2D eigenvalue weighted by molar-refractivity contribution is -0.117. The number of carbonyl (C=O) groups excluding carboxylic acids is 1. The minimum Gasteiger partial charge on any atom is -0.324 e. The molecule has 0 saturated carbocycles. The van der Waals surface area contributed by atoms with Crippen molar-refractivity contribution >= 4 is 27.5 Å². The van der Waals surface area contributed by atoms with E-state index in [0.717, 1.165) is 0 Å². The molecular weight excluding hydrogens is 345 g/mol. The fraction of sp³-hybridized carbons (Fsp3) is 0.176. The van der Waals surface area contributed by atoms with E-state index >= 15 is 0 Å². The van der Waals surface area contributed by atoms with E-state index in [4.69, 9.17) is 0 Å². The van der Waals surface area contributed by atoms with Crippen LogP contribution in [-0.2, 0) is 14.8 Å². The van der Waals surface area contributed by atoms with Crippen molar-refractivity contribution in [2.75, 3.05) is 5.32 Å². The number of aliphatic imine (C=N–C) groups is 1. The number of halogens is 1. The second kappa shape index (κ2) is 6.29. The highest BCUT2D eigenvalue weighted by Gasteiger charge is 2.31. The first-order valence-electron chi connectivity index (χ1n) is 7.55. The van der Waals surface area contributed by atoms with Crippen molar-refractivity contribution < 1.29 is 17.6 Å². The minimum absolute atomic E-state index is 0.119. The number of nitrogens with one attached hydrogen (secondary N) is 2. The summed E-state index contributed by atoms with van der Waals surface area (Å²) in [6, 6.07) is 9.90. The number of hydrogen-bond donors (Lipinski definition) is 2. The molecule has 0 unspecified atom stereocenters. The van der Waals surface area contributed by atoms with Gasteiger partial charge in [0.25, 0.3) is 10.0 Å². The van der Waals surface area contributed by atoms with Gasteiger partial charge in [-0.05, 0) is 43.7 Å². The average molecular weight is 361 g/mol. The lowest BCUT2D eigenvalue weighted by Gasteiger charge is -2.10. The van der Waals surface area contributed by atoms with Crippen LogP contribution in [0, 0.1) is 12.7 Å². The topological polar surface area (TPSA) is 87.6 Å². The molecule has 1 aliphatic rings. The van der Waals surface area contributed by atoms with Gasteiger partial charge < -0.3 is 5.32 Å². The molecule has 1 atom stereocenters. The van der Waals surface area contributed by atoms with Gasteiger partial charge in [0.1, 0.15) is 17.7 Å². The molecule has 8 heteroatoms. The molecule has 0 bridgehead atoms. The average Bonchev–Trinajstić information content (AvgIpc) is 2.82. The standard InChI is InChI=1S/C17H16FN3O3S/c1-10-7-8-12(9-14(10)18)20-17(22)11(2)19-16-13-5-3-4-6-15(13)25(23,24)21-16/h3-9,11H,1-2H3,(H,19,21)(H,20,22)/t11-/m1/s1. The van der Waals surface area contributed by atoms with E-state index < -0.39 is 27.8 Å². The van der Waals surface area contributed by atoms with E-state index in [1.807, 2.05) is 0 Å². The minimum atomic E-state index is -3.66. The van der Waals surface area contributed by atoms with Crippen LogP contribution in [0.4, 0.5) is 10.1 Å². The molecule has 0 aliphatic carbocycles. The first-order valence-corrected chi connectivity index (χ1v) is 9.03. The summed E-state index contributed by atoms with van der Waals surface area (Å²) in [5, 5.41) is 2.57. The van der Waals surface area contributed by atoms with E-state index in [-0.39, 0.29) is 10.7 Å². The van der Waals surface area contributed by atoms with Gasteiger partial charge in [-0.3, -0.25) is 14.5 Å². The number of aryl methyl sites for hydroxylation is 1. The maximum Gasteiger partial charge on any atom is 0.263 e. The molecule has 2 aromatic rings. The number of benzene rings is 2. The van der Waals surface area contributed by atoms with Gasteiger partial charge in [0, 0.05) is 11.3 Å².